The van der Waals surface area contributed by atoms with Gasteiger partial charge in [-0.2, -0.15) is 0 Å². The first kappa shape index (κ1) is 16.8. The number of carboxylic acid groups (broad SMARTS) is 2. The van der Waals surface area contributed by atoms with E-state index in [1.54, 1.807) is 0 Å². The molecule has 0 aromatic rings. The molecular weight excluding hydrogens is 240 g/mol. The van der Waals surface area contributed by atoms with Crippen molar-refractivity contribution >= 4 is 11.9 Å². The fraction of sp³-hybridized carbons (Fsp3) is 0.818. The van der Waals surface area contributed by atoms with Crippen molar-refractivity contribution in [1.82, 2.24) is 5.32 Å². The Bertz CT molecular complexity index is 226. The summed E-state index contributed by atoms with van der Waals surface area (Å²) < 4.78 is 0. The van der Waals surface area contributed by atoms with E-state index in [1.165, 1.54) is 0 Å². The fourth-order valence-corrected chi connectivity index (χ4v) is 1.48. The van der Waals surface area contributed by atoms with Gasteiger partial charge in [-0.3, -0.25) is 9.59 Å². The van der Waals surface area contributed by atoms with Gasteiger partial charge in [0.2, 0.25) is 0 Å². The summed E-state index contributed by atoms with van der Waals surface area (Å²) in [6, 6.07) is 0. The zero-order valence-electron chi connectivity index (χ0n) is 10.4. The van der Waals surface area contributed by atoms with Gasteiger partial charge in [-0.25, -0.2) is 5.90 Å². The Hall–Kier alpha value is -1.18. The summed E-state index contributed by atoms with van der Waals surface area (Å²) in [6.07, 6.45) is 3.42. The summed E-state index contributed by atoms with van der Waals surface area (Å²) in [5.41, 5.74) is 0. The van der Waals surface area contributed by atoms with Gasteiger partial charge in [0.1, 0.15) is 0 Å². The first-order valence-corrected chi connectivity index (χ1v) is 6.06. The second kappa shape index (κ2) is 10.9. The van der Waals surface area contributed by atoms with Gasteiger partial charge in [-0.05, 0) is 38.8 Å². The van der Waals surface area contributed by atoms with E-state index in [0.717, 1.165) is 25.9 Å². The summed E-state index contributed by atoms with van der Waals surface area (Å²) in [5.74, 6) is 3.24. The van der Waals surface area contributed by atoms with E-state index < -0.39 is 11.9 Å². The van der Waals surface area contributed by atoms with Crippen molar-refractivity contribution < 1.29 is 24.6 Å². The lowest BCUT2D eigenvalue weighted by Crippen LogP contribution is -2.33. The molecule has 0 atom stereocenters. The van der Waals surface area contributed by atoms with Gasteiger partial charge in [0.25, 0.3) is 0 Å². The topological polar surface area (TPSA) is 122 Å². The zero-order chi connectivity index (χ0) is 13.8. The minimum absolute atomic E-state index is 0.0628. The van der Waals surface area contributed by atoms with Crippen LogP contribution in [-0.2, 0) is 14.4 Å². The zero-order valence-corrected chi connectivity index (χ0v) is 10.4. The largest absolute Gasteiger partial charge is 0.481 e. The first-order valence-electron chi connectivity index (χ1n) is 6.06. The molecule has 1 fully saturated rings. The van der Waals surface area contributed by atoms with Crippen LogP contribution < -0.4 is 11.2 Å². The number of hydrogen-bond acceptors (Lipinski definition) is 5. The third kappa shape index (κ3) is 11.3. The van der Waals surface area contributed by atoms with Crippen LogP contribution in [0.3, 0.4) is 0 Å². The Kier molecular flexibility index (Phi) is 10.2. The average Bonchev–Trinajstić information content (AvgIpc) is 2.36. The molecule has 18 heavy (non-hydrogen) atoms. The van der Waals surface area contributed by atoms with E-state index in [4.69, 9.17) is 16.1 Å². The van der Waals surface area contributed by atoms with E-state index in [1.807, 2.05) is 0 Å². The molecule has 7 heteroatoms. The minimum Gasteiger partial charge on any atom is -0.481 e. The number of carbonyl (C=O) groups is 2. The van der Waals surface area contributed by atoms with Crippen molar-refractivity contribution in [2.75, 3.05) is 13.1 Å². The molecule has 0 bridgehead atoms. The molecule has 0 unspecified atom stereocenters. The number of hydrogen-bond donors (Lipinski definition) is 4. The highest BCUT2D eigenvalue weighted by atomic mass is 16.6. The number of nitrogens with one attached hydrogen (secondary N) is 1. The number of aliphatic carboxylic acids is 2. The van der Waals surface area contributed by atoms with E-state index in [0.29, 0.717) is 18.9 Å². The van der Waals surface area contributed by atoms with Crippen molar-refractivity contribution in [2.24, 2.45) is 5.90 Å². The third-order valence-corrected chi connectivity index (χ3v) is 2.51. The summed E-state index contributed by atoms with van der Waals surface area (Å²) >= 11 is 0. The molecule has 7 nitrogen and oxygen atoms in total. The lowest BCUT2D eigenvalue weighted by atomic mass is 10.1. The van der Waals surface area contributed by atoms with E-state index in [9.17, 15) is 9.59 Å². The molecular formula is C11H22N2O5. The molecule has 5 N–H and O–H groups in total. The third-order valence-electron chi connectivity index (χ3n) is 2.51. The fourth-order valence-electron chi connectivity index (χ4n) is 1.48. The predicted octanol–water partition coefficient (Wildman–Crippen LogP) is 0.345. The van der Waals surface area contributed by atoms with Crippen LogP contribution in [0.15, 0.2) is 0 Å². The maximum atomic E-state index is 9.90. The lowest BCUT2D eigenvalue weighted by molar-refractivity contribution is -0.139. The quantitative estimate of drug-likeness (QED) is 0.402. The number of piperidine rings is 1. The van der Waals surface area contributed by atoms with Crippen LogP contribution in [0.5, 0.6) is 0 Å². The van der Waals surface area contributed by atoms with Crippen LogP contribution in [0.1, 0.15) is 38.5 Å². The molecule has 0 saturated carbocycles. The highest BCUT2D eigenvalue weighted by Gasteiger charge is 2.10. The van der Waals surface area contributed by atoms with Crippen LogP contribution in [-0.4, -0.2) is 41.3 Å². The molecule has 1 saturated heterocycles. The first-order chi connectivity index (χ1) is 8.56. The van der Waals surface area contributed by atoms with Crippen molar-refractivity contribution in [3.8, 4) is 0 Å². The summed E-state index contributed by atoms with van der Waals surface area (Å²) in [4.78, 5) is 24.4. The maximum absolute atomic E-state index is 9.90. The molecule has 1 aliphatic heterocycles. The summed E-state index contributed by atoms with van der Waals surface area (Å²) in [5, 5.41) is 19.5. The van der Waals surface area contributed by atoms with Crippen molar-refractivity contribution in [3.05, 3.63) is 0 Å². The van der Waals surface area contributed by atoms with Crippen molar-refractivity contribution in [3.63, 3.8) is 0 Å². The Labute approximate surface area is 106 Å². The molecule has 0 spiro atoms. The Morgan fingerprint density at radius 1 is 1.11 bits per heavy atom. The number of rotatable bonds is 6. The smallest absolute Gasteiger partial charge is 0.303 e. The summed E-state index contributed by atoms with van der Waals surface area (Å²) in [7, 11) is 0. The van der Waals surface area contributed by atoms with E-state index in [-0.39, 0.29) is 12.8 Å². The van der Waals surface area contributed by atoms with Crippen LogP contribution in [0.2, 0.25) is 0 Å². The number of unbranched alkanes of at least 4 members (excludes halogenated alkanes) is 1. The minimum atomic E-state index is -0.870. The molecule has 0 aliphatic carbocycles. The molecule has 1 heterocycles. The van der Waals surface area contributed by atoms with Gasteiger partial charge in [0.15, 0.2) is 0 Å². The van der Waals surface area contributed by atoms with Crippen LogP contribution in [0, 0.1) is 0 Å². The monoisotopic (exact) mass is 262 g/mol. The highest BCUT2D eigenvalue weighted by Crippen LogP contribution is 2.03. The SMILES string of the molecule is NOC1CCNCC1.O=C(O)CCCCC(=O)O. The van der Waals surface area contributed by atoms with Crippen molar-refractivity contribution in [1.29, 1.82) is 0 Å². The standard InChI is InChI=1S/C6H10O4.C5H12N2O/c7-5(8)3-1-2-4-6(9)10;6-8-5-1-3-7-4-2-5/h1-4H2,(H,7,8)(H,9,10);5,7H,1-4,6H2. The van der Waals surface area contributed by atoms with Crippen LogP contribution in [0.4, 0.5) is 0 Å². The van der Waals surface area contributed by atoms with E-state index in [2.05, 4.69) is 10.2 Å². The lowest BCUT2D eigenvalue weighted by Gasteiger charge is -2.19. The molecule has 0 aromatic heterocycles. The molecule has 0 radical (unpaired) electrons. The second-order valence-corrected chi connectivity index (χ2v) is 4.08. The molecule has 1 rings (SSSR count). The van der Waals surface area contributed by atoms with Gasteiger partial charge in [-0.15, -0.1) is 0 Å². The molecule has 0 amide bonds. The molecule has 106 valence electrons. The van der Waals surface area contributed by atoms with Gasteiger partial charge in [0.05, 0.1) is 6.10 Å². The van der Waals surface area contributed by atoms with Gasteiger partial charge >= 0.3 is 11.9 Å². The summed E-state index contributed by atoms with van der Waals surface area (Å²) in [6.45, 7) is 2.09. The van der Waals surface area contributed by atoms with Crippen LogP contribution >= 0.6 is 0 Å². The number of carboxylic acids is 2. The predicted molar refractivity (Wildman–Crippen MR) is 64.9 cm³/mol. The molecule has 1 aliphatic rings. The van der Waals surface area contributed by atoms with Crippen molar-refractivity contribution in [2.45, 2.75) is 44.6 Å². The maximum Gasteiger partial charge on any atom is 0.303 e. The van der Waals surface area contributed by atoms with Crippen LogP contribution in [0.25, 0.3) is 0 Å². The Balaban J connectivity index is 0.000000327. The molecule has 0 aromatic carbocycles. The van der Waals surface area contributed by atoms with Gasteiger partial charge < -0.3 is 20.4 Å². The van der Waals surface area contributed by atoms with Gasteiger partial charge in [-0.1, -0.05) is 0 Å². The average molecular weight is 262 g/mol. The second-order valence-electron chi connectivity index (χ2n) is 4.08. The highest BCUT2D eigenvalue weighted by molar-refractivity contribution is 5.67. The number of nitrogens with two attached hydrogens (primary N) is 1. The van der Waals surface area contributed by atoms with E-state index >= 15 is 0 Å². The Morgan fingerprint density at radius 2 is 1.56 bits per heavy atom. The van der Waals surface area contributed by atoms with Gasteiger partial charge in [0, 0.05) is 12.8 Å². The normalized spacial score (nSPS) is 15.6. The Morgan fingerprint density at radius 3 is 1.83 bits per heavy atom.